The topological polar surface area (TPSA) is 84.7 Å². The largest absolute Gasteiger partial charge is 0.365 e. The molecule has 4 N–H and O–H groups in total. The molecule has 3 aromatic rings. The fourth-order valence-electron chi connectivity index (χ4n) is 4.74. The molecule has 0 spiro atoms. The third-order valence-electron chi connectivity index (χ3n) is 6.38. The quantitative estimate of drug-likeness (QED) is 0.548. The van der Waals surface area contributed by atoms with Crippen molar-refractivity contribution in [3.8, 4) is 0 Å². The van der Waals surface area contributed by atoms with Crippen LogP contribution < -0.4 is 15.5 Å². The van der Waals surface area contributed by atoms with Gasteiger partial charge in [0.15, 0.2) is 0 Å². The molecule has 0 saturated carbocycles. The van der Waals surface area contributed by atoms with Crippen LogP contribution in [0.2, 0.25) is 0 Å². The third-order valence-corrected chi connectivity index (χ3v) is 6.38. The van der Waals surface area contributed by atoms with E-state index in [0.29, 0.717) is 0 Å². The van der Waals surface area contributed by atoms with Crippen LogP contribution in [0.3, 0.4) is 0 Å². The molecule has 0 radical (unpaired) electrons. The maximum absolute atomic E-state index is 4.95. The van der Waals surface area contributed by atoms with Gasteiger partial charge in [0.25, 0.3) is 0 Å². The number of fused-ring (bicyclic) bond motifs is 3. The van der Waals surface area contributed by atoms with Crippen molar-refractivity contribution < 1.29 is 0 Å². The van der Waals surface area contributed by atoms with E-state index < -0.39 is 0 Å². The molecule has 1 aromatic carbocycles. The first-order valence-electron chi connectivity index (χ1n) is 10.2. The molecule has 0 bridgehead atoms. The summed E-state index contributed by atoms with van der Waals surface area (Å²) in [6.45, 7) is 4.83. The third kappa shape index (κ3) is 2.73. The lowest BCUT2D eigenvalue weighted by Gasteiger charge is -2.29. The van der Waals surface area contributed by atoms with E-state index in [4.69, 9.17) is 4.98 Å². The van der Waals surface area contributed by atoms with Crippen molar-refractivity contribution in [3.05, 3.63) is 64.0 Å². The van der Waals surface area contributed by atoms with Crippen LogP contribution in [0.15, 0.2) is 24.4 Å². The molecule has 0 saturated heterocycles. The van der Waals surface area contributed by atoms with Gasteiger partial charge in [-0.25, -0.2) is 4.98 Å². The van der Waals surface area contributed by atoms with E-state index in [9.17, 15) is 0 Å². The van der Waals surface area contributed by atoms with E-state index >= 15 is 0 Å². The second kappa shape index (κ2) is 6.46. The standard InChI is InChI=1S/C21H25N7/c1-2-16(7-13-3-5-22-9-14(1)13)28-6-4-17-20(12-28)26-21(25-17)18-8-15-10-24-27-19(15)11-23-18/h1-2,7,10,18,22-23H,3-6,8-9,11-12H2,(H,24,27)(H,25,26). The van der Waals surface area contributed by atoms with Crippen LogP contribution in [0, 0.1) is 0 Å². The fraction of sp³-hybridized carbons (Fsp3) is 0.429. The number of anilines is 1. The maximum Gasteiger partial charge on any atom is 0.124 e. The lowest BCUT2D eigenvalue weighted by molar-refractivity contribution is 0.475. The summed E-state index contributed by atoms with van der Waals surface area (Å²) in [6, 6.07) is 7.19. The zero-order chi connectivity index (χ0) is 18.5. The summed E-state index contributed by atoms with van der Waals surface area (Å²) >= 11 is 0. The molecule has 7 nitrogen and oxygen atoms in total. The number of H-pyrrole nitrogens is 2. The molecule has 144 valence electrons. The number of aromatic amines is 2. The van der Waals surface area contributed by atoms with Gasteiger partial charge >= 0.3 is 0 Å². The van der Waals surface area contributed by atoms with Gasteiger partial charge in [-0.05, 0) is 48.2 Å². The lowest BCUT2D eigenvalue weighted by atomic mass is 9.99. The smallest absolute Gasteiger partial charge is 0.124 e. The average Bonchev–Trinajstić information content (AvgIpc) is 3.39. The Morgan fingerprint density at radius 1 is 1.04 bits per heavy atom. The Kier molecular flexibility index (Phi) is 3.77. The van der Waals surface area contributed by atoms with Gasteiger partial charge in [-0.1, -0.05) is 6.07 Å². The van der Waals surface area contributed by atoms with E-state index in [1.807, 2.05) is 6.20 Å². The van der Waals surface area contributed by atoms with Gasteiger partial charge in [0.1, 0.15) is 5.82 Å². The fourth-order valence-corrected chi connectivity index (χ4v) is 4.74. The van der Waals surface area contributed by atoms with Crippen molar-refractivity contribution in [2.24, 2.45) is 0 Å². The Morgan fingerprint density at radius 2 is 2.04 bits per heavy atom. The lowest BCUT2D eigenvalue weighted by Crippen LogP contribution is -2.31. The number of rotatable bonds is 2. The van der Waals surface area contributed by atoms with Gasteiger partial charge in [0, 0.05) is 31.7 Å². The minimum atomic E-state index is 0.236. The number of nitrogens with zero attached hydrogens (tertiary/aromatic N) is 3. The summed E-state index contributed by atoms with van der Waals surface area (Å²) in [5, 5.41) is 14.3. The van der Waals surface area contributed by atoms with Crippen LogP contribution in [0.1, 0.15) is 45.6 Å². The second-order valence-electron chi connectivity index (χ2n) is 8.11. The molecule has 28 heavy (non-hydrogen) atoms. The first-order chi connectivity index (χ1) is 13.8. The average molecular weight is 375 g/mol. The summed E-state index contributed by atoms with van der Waals surface area (Å²) < 4.78 is 0. The van der Waals surface area contributed by atoms with Crippen LogP contribution in [-0.4, -0.2) is 33.3 Å². The highest BCUT2D eigenvalue weighted by molar-refractivity contribution is 5.53. The van der Waals surface area contributed by atoms with Crippen LogP contribution in [0.4, 0.5) is 5.69 Å². The van der Waals surface area contributed by atoms with Gasteiger partial charge in [0.2, 0.25) is 0 Å². The monoisotopic (exact) mass is 375 g/mol. The summed E-state index contributed by atoms with van der Waals surface area (Å²) in [5.74, 6) is 1.07. The summed E-state index contributed by atoms with van der Waals surface area (Å²) in [5.41, 5.74) is 9.26. The van der Waals surface area contributed by atoms with E-state index in [1.54, 1.807) is 0 Å². The number of nitrogens with one attached hydrogen (secondary N) is 4. The molecule has 1 unspecified atom stereocenters. The zero-order valence-electron chi connectivity index (χ0n) is 15.9. The van der Waals surface area contributed by atoms with Crippen molar-refractivity contribution >= 4 is 5.69 Å². The SMILES string of the molecule is c1cc2c(cc1N1CCc3nc(C4Cc5cn[nH]c5CN4)[nH]c3C1)CCNC2. The summed E-state index contributed by atoms with van der Waals surface area (Å²) in [4.78, 5) is 11.1. The zero-order valence-corrected chi connectivity index (χ0v) is 15.9. The maximum atomic E-state index is 4.95. The Hall–Kier alpha value is -2.64. The molecule has 7 heteroatoms. The first-order valence-corrected chi connectivity index (χ1v) is 10.2. The van der Waals surface area contributed by atoms with Crippen molar-refractivity contribution in [2.75, 3.05) is 18.0 Å². The van der Waals surface area contributed by atoms with Crippen molar-refractivity contribution in [2.45, 2.75) is 44.9 Å². The molecule has 0 amide bonds. The molecule has 6 rings (SSSR count). The predicted molar refractivity (Wildman–Crippen MR) is 107 cm³/mol. The van der Waals surface area contributed by atoms with Crippen molar-refractivity contribution in [3.63, 3.8) is 0 Å². The highest BCUT2D eigenvalue weighted by atomic mass is 15.2. The number of aromatic nitrogens is 4. The molecular weight excluding hydrogens is 350 g/mol. The molecule has 0 aliphatic carbocycles. The van der Waals surface area contributed by atoms with Crippen LogP contribution in [0.25, 0.3) is 0 Å². The molecule has 3 aliphatic heterocycles. The van der Waals surface area contributed by atoms with Gasteiger partial charge < -0.3 is 20.5 Å². The van der Waals surface area contributed by atoms with Gasteiger partial charge in [-0.3, -0.25) is 5.10 Å². The minimum Gasteiger partial charge on any atom is -0.365 e. The Labute approximate surface area is 163 Å². The van der Waals surface area contributed by atoms with Gasteiger partial charge in [-0.15, -0.1) is 0 Å². The van der Waals surface area contributed by atoms with Gasteiger partial charge in [0.05, 0.1) is 35.9 Å². The van der Waals surface area contributed by atoms with E-state index in [-0.39, 0.29) is 6.04 Å². The highest BCUT2D eigenvalue weighted by Crippen LogP contribution is 2.29. The van der Waals surface area contributed by atoms with Gasteiger partial charge in [-0.2, -0.15) is 5.10 Å². The van der Waals surface area contributed by atoms with E-state index in [0.717, 1.165) is 57.8 Å². The Bertz CT molecular complexity index is 1020. The van der Waals surface area contributed by atoms with Crippen LogP contribution >= 0.6 is 0 Å². The van der Waals surface area contributed by atoms with E-state index in [2.05, 4.69) is 48.9 Å². The predicted octanol–water partition coefficient (Wildman–Crippen LogP) is 1.73. The molecule has 5 heterocycles. The van der Waals surface area contributed by atoms with Crippen LogP contribution in [0.5, 0.6) is 0 Å². The number of hydrogen-bond acceptors (Lipinski definition) is 5. The number of imidazole rings is 1. The summed E-state index contributed by atoms with van der Waals surface area (Å²) in [7, 11) is 0. The van der Waals surface area contributed by atoms with Crippen molar-refractivity contribution in [1.82, 2.24) is 30.8 Å². The Balaban J connectivity index is 1.23. The van der Waals surface area contributed by atoms with E-state index in [1.165, 1.54) is 39.5 Å². The molecular formula is C21H25N7. The first kappa shape index (κ1) is 16.3. The second-order valence-corrected chi connectivity index (χ2v) is 8.11. The molecule has 0 fully saturated rings. The normalized spacial score (nSPS) is 21.1. The highest BCUT2D eigenvalue weighted by Gasteiger charge is 2.27. The van der Waals surface area contributed by atoms with Crippen LogP contribution in [-0.2, 0) is 38.9 Å². The molecule has 3 aliphatic rings. The number of benzene rings is 1. The molecule has 1 atom stereocenters. The van der Waals surface area contributed by atoms with Crippen molar-refractivity contribution in [1.29, 1.82) is 0 Å². The number of hydrogen-bond donors (Lipinski definition) is 4. The summed E-state index contributed by atoms with van der Waals surface area (Å²) in [6.07, 6.45) is 4.99. The molecule has 2 aromatic heterocycles. The Morgan fingerprint density at radius 3 is 3.04 bits per heavy atom. The minimum absolute atomic E-state index is 0.236.